The number of rotatable bonds is 2. The minimum absolute atomic E-state index is 0. The zero-order chi connectivity index (χ0) is 5.86. The molecule has 0 radical (unpaired) electrons. The lowest BCUT2D eigenvalue weighted by Gasteiger charge is -2.13. The van der Waals surface area contributed by atoms with Gasteiger partial charge in [-0.2, -0.15) is 0 Å². The van der Waals surface area contributed by atoms with E-state index < -0.39 is 0 Å². The Morgan fingerprint density at radius 1 is 1.50 bits per heavy atom. The normalized spacial score (nSPS) is 13.1. The van der Waals surface area contributed by atoms with Gasteiger partial charge in [-0.3, -0.25) is 4.90 Å². The van der Waals surface area contributed by atoms with Gasteiger partial charge in [0.15, 0.2) is 0 Å². The van der Waals surface area contributed by atoms with Gasteiger partial charge in [0.05, 0.1) is 5.50 Å². The molecular formula is C5H15ClN2. The Kier molecular flexibility index (Phi) is 7.40. The van der Waals surface area contributed by atoms with Gasteiger partial charge in [-0.1, -0.05) is 6.92 Å². The van der Waals surface area contributed by atoms with E-state index >= 15 is 0 Å². The maximum atomic E-state index is 5.73. The van der Waals surface area contributed by atoms with Crippen LogP contribution in [0.3, 0.4) is 0 Å². The molecule has 2 nitrogen and oxygen atoms in total. The zero-order valence-electron chi connectivity index (χ0n) is 5.82. The molecule has 0 aromatic rings. The van der Waals surface area contributed by atoms with Crippen LogP contribution in [0.1, 0.15) is 13.3 Å². The molecule has 1 unspecified atom stereocenters. The van der Waals surface area contributed by atoms with E-state index in [1.54, 1.807) is 0 Å². The second-order valence-electron chi connectivity index (χ2n) is 1.81. The SMILES string of the molecule is CCC(Cl)N(C)C.N. The van der Waals surface area contributed by atoms with Crippen molar-refractivity contribution < 1.29 is 0 Å². The molecule has 0 aliphatic carbocycles. The average Bonchev–Trinajstić information content (AvgIpc) is 1.65. The molecule has 3 heteroatoms. The van der Waals surface area contributed by atoms with Gasteiger partial charge in [-0.05, 0) is 20.5 Å². The minimum Gasteiger partial charge on any atom is -0.344 e. The largest absolute Gasteiger partial charge is 0.344 e. The van der Waals surface area contributed by atoms with Crippen LogP contribution in [0.4, 0.5) is 0 Å². The molecule has 0 aliphatic rings. The summed E-state index contributed by atoms with van der Waals surface area (Å²) in [6.45, 7) is 2.07. The lowest BCUT2D eigenvalue weighted by atomic mass is 10.4. The van der Waals surface area contributed by atoms with Crippen molar-refractivity contribution in [2.75, 3.05) is 14.1 Å². The summed E-state index contributed by atoms with van der Waals surface area (Å²) in [6, 6.07) is 0. The Bertz CT molecular complexity index is 47.7. The van der Waals surface area contributed by atoms with Crippen LogP contribution in [0.25, 0.3) is 0 Å². The van der Waals surface area contributed by atoms with Gasteiger partial charge in [-0.25, -0.2) is 0 Å². The summed E-state index contributed by atoms with van der Waals surface area (Å²) in [5.41, 5.74) is 0.208. The fraction of sp³-hybridized carbons (Fsp3) is 1.00. The highest BCUT2D eigenvalue weighted by Gasteiger charge is 1.99. The molecule has 0 fully saturated rings. The standard InChI is InChI=1S/C5H12ClN.H3N/c1-4-5(6)7(2)3;/h5H,4H2,1-3H3;1H3. The van der Waals surface area contributed by atoms with E-state index in [0.29, 0.717) is 0 Å². The van der Waals surface area contributed by atoms with Gasteiger partial charge < -0.3 is 6.15 Å². The van der Waals surface area contributed by atoms with Gasteiger partial charge in [0.25, 0.3) is 0 Å². The molecule has 52 valence electrons. The minimum atomic E-state index is 0. The number of hydrogen-bond donors (Lipinski definition) is 1. The maximum Gasteiger partial charge on any atom is 0.0842 e. The summed E-state index contributed by atoms with van der Waals surface area (Å²) < 4.78 is 0. The van der Waals surface area contributed by atoms with E-state index in [2.05, 4.69) is 6.92 Å². The van der Waals surface area contributed by atoms with Crippen LogP contribution in [-0.4, -0.2) is 24.5 Å². The molecule has 1 atom stereocenters. The predicted octanol–water partition coefficient (Wildman–Crippen LogP) is 1.68. The number of alkyl halides is 1. The molecule has 0 amide bonds. The van der Waals surface area contributed by atoms with Crippen LogP contribution in [0.15, 0.2) is 0 Å². The summed E-state index contributed by atoms with van der Waals surface area (Å²) in [5.74, 6) is 0. The van der Waals surface area contributed by atoms with Crippen molar-refractivity contribution in [3.63, 3.8) is 0 Å². The third kappa shape index (κ3) is 4.37. The molecule has 0 aromatic carbocycles. The smallest absolute Gasteiger partial charge is 0.0842 e. The van der Waals surface area contributed by atoms with Gasteiger partial charge in [0, 0.05) is 0 Å². The molecule has 0 saturated carbocycles. The molecule has 0 rings (SSSR count). The number of hydrogen-bond acceptors (Lipinski definition) is 2. The lowest BCUT2D eigenvalue weighted by Crippen LogP contribution is -2.20. The Morgan fingerprint density at radius 2 is 1.88 bits per heavy atom. The third-order valence-electron chi connectivity index (χ3n) is 0.897. The Labute approximate surface area is 56.4 Å². The van der Waals surface area contributed by atoms with Crippen LogP contribution in [-0.2, 0) is 0 Å². The van der Waals surface area contributed by atoms with Gasteiger partial charge in [-0.15, -0.1) is 11.6 Å². The van der Waals surface area contributed by atoms with Crippen molar-refractivity contribution in [1.82, 2.24) is 11.1 Å². The van der Waals surface area contributed by atoms with Crippen LogP contribution in [0, 0.1) is 0 Å². The van der Waals surface area contributed by atoms with E-state index in [-0.39, 0.29) is 11.7 Å². The Morgan fingerprint density at radius 3 is 1.88 bits per heavy atom. The summed E-state index contributed by atoms with van der Waals surface area (Å²) in [5, 5.41) is 0. The van der Waals surface area contributed by atoms with Crippen LogP contribution >= 0.6 is 11.6 Å². The van der Waals surface area contributed by atoms with Gasteiger partial charge in [0.2, 0.25) is 0 Å². The fourth-order valence-electron chi connectivity index (χ4n) is 0.365. The van der Waals surface area contributed by atoms with E-state index in [4.69, 9.17) is 11.6 Å². The summed E-state index contributed by atoms with van der Waals surface area (Å²) in [4.78, 5) is 1.99. The summed E-state index contributed by atoms with van der Waals surface area (Å²) in [7, 11) is 3.95. The summed E-state index contributed by atoms with van der Waals surface area (Å²) in [6.07, 6.45) is 1.01. The molecule has 0 heterocycles. The first-order chi connectivity index (χ1) is 3.18. The van der Waals surface area contributed by atoms with Gasteiger partial charge >= 0.3 is 0 Å². The van der Waals surface area contributed by atoms with Crippen molar-refractivity contribution in [3.8, 4) is 0 Å². The Hall–Kier alpha value is 0.210. The zero-order valence-corrected chi connectivity index (χ0v) is 6.57. The van der Waals surface area contributed by atoms with E-state index in [0.717, 1.165) is 6.42 Å². The number of nitrogens with zero attached hydrogens (tertiary/aromatic N) is 1. The highest BCUT2D eigenvalue weighted by Crippen LogP contribution is 2.01. The fourth-order valence-corrected chi connectivity index (χ4v) is 0.365. The molecule has 8 heavy (non-hydrogen) atoms. The molecule has 0 spiro atoms. The molecule has 0 aliphatic heterocycles. The van der Waals surface area contributed by atoms with Crippen molar-refractivity contribution in [2.24, 2.45) is 0 Å². The van der Waals surface area contributed by atoms with E-state index in [9.17, 15) is 0 Å². The van der Waals surface area contributed by atoms with Crippen molar-refractivity contribution in [2.45, 2.75) is 18.8 Å². The molecular weight excluding hydrogens is 124 g/mol. The lowest BCUT2D eigenvalue weighted by molar-refractivity contribution is 0.369. The first kappa shape index (κ1) is 11.1. The molecule has 0 bridgehead atoms. The second kappa shape index (κ2) is 5.35. The predicted molar refractivity (Wildman–Crippen MR) is 38.6 cm³/mol. The topological polar surface area (TPSA) is 38.2 Å². The quantitative estimate of drug-likeness (QED) is 0.466. The average molecular weight is 139 g/mol. The van der Waals surface area contributed by atoms with Crippen LogP contribution < -0.4 is 6.15 Å². The Balaban J connectivity index is 0. The third-order valence-corrected chi connectivity index (χ3v) is 1.60. The molecule has 0 aromatic heterocycles. The van der Waals surface area contributed by atoms with Gasteiger partial charge in [0.1, 0.15) is 0 Å². The van der Waals surface area contributed by atoms with Crippen LogP contribution in [0.2, 0.25) is 0 Å². The number of halogens is 1. The monoisotopic (exact) mass is 138 g/mol. The van der Waals surface area contributed by atoms with E-state index in [1.165, 1.54) is 0 Å². The summed E-state index contributed by atoms with van der Waals surface area (Å²) >= 11 is 5.73. The second-order valence-corrected chi connectivity index (χ2v) is 2.31. The highest BCUT2D eigenvalue weighted by atomic mass is 35.5. The van der Waals surface area contributed by atoms with Crippen molar-refractivity contribution >= 4 is 11.6 Å². The van der Waals surface area contributed by atoms with E-state index in [1.807, 2.05) is 19.0 Å². The highest BCUT2D eigenvalue weighted by molar-refractivity contribution is 6.20. The van der Waals surface area contributed by atoms with Crippen LogP contribution in [0.5, 0.6) is 0 Å². The molecule has 3 N–H and O–H groups in total. The first-order valence-electron chi connectivity index (χ1n) is 2.49. The first-order valence-corrected chi connectivity index (χ1v) is 2.92. The van der Waals surface area contributed by atoms with Crippen molar-refractivity contribution in [3.05, 3.63) is 0 Å². The maximum absolute atomic E-state index is 5.73. The molecule has 0 saturated heterocycles. The van der Waals surface area contributed by atoms with Crippen molar-refractivity contribution in [1.29, 1.82) is 0 Å².